The summed E-state index contributed by atoms with van der Waals surface area (Å²) in [6.45, 7) is 5.62. The third kappa shape index (κ3) is 3.80. The number of methoxy groups -OCH3 is 1. The maximum Gasteiger partial charge on any atom is 0.411 e. The number of piperidine rings is 1. The van der Waals surface area contributed by atoms with Gasteiger partial charge in [0, 0.05) is 11.6 Å². The van der Waals surface area contributed by atoms with Crippen molar-refractivity contribution >= 4 is 11.7 Å². The van der Waals surface area contributed by atoms with Crippen molar-refractivity contribution in [2.45, 2.75) is 64.1 Å². The van der Waals surface area contributed by atoms with Crippen LogP contribution in [-0.4, -0.2) is 35.8 Å². The molecule has 2 unspecified atom stereocenters. The molecule has 0 aliphatic carbocycles. The van der Waals surface area contributed by atoms with Crippen LogP contribution in [0.5, 0.6) is 5.75 Å². The Bertz CT molecular complexity index is 693. The number of carbonyl (C=O) groups excluding carboxylic acids is 1. The summed E-state index contributed by atoms with van der Waals surface area (Å²) in [7, 11) is 1.57. The summed E-state index contributed by atoms with van der Waals surface area (Å²) in [5.41, 5.74) is 1.000. The molecular weight excluding hydrogens is 321 g/mol. The predicted molar refractivity (Wildman–Crippen MR) is 95.0 cm³/mol. The number of nitrogens with zero attached hydrogens (tertiary/aromatic N) is 1. The lowest BCUT2D eigenvalue weighted by Crippen LogP contribution is -2.53. The van der Waals surface area contributed by atoms with Crippen molar-refractivity contribution in [3.8, 4) is 5.75 Å². The molecular formula is C20H26FNO3. The largest absolute Gasteiger partial charge is 0.497 e. The minimum atomic E-state index is -0.520. The number of rotatable bonds is 2. The number of amides is 1. The summed E-state index contributed by atoms with van der Waals surface area (Å²) in [6.07, 6.45) is 5.25. The van der Waals surface area contributed by atoms with Gasteiger partial charge < -0.3 is 9.47 Å². The van der Waals surface area contributed by atoms with E-state index in [0.717, 1.165) is 24.8 Å². The zero-order valence-electron chi connectivity index (χ0n) is 15.3. The van der Waals surface area contributed by atoms with Gasteiger partial charge in [-0.15, -0.1) is 0 Å². The summed E-state index contributed by atoms with van der Waals surface area (Å²) in [5, 5.41) is 0. The number of halogens is 1. The number of fused-ring (bicyclic) bond motifs is 2. The number of benzene rings is 1. The second kappa shape index (κ2) is 6.70. The van der Waals surface area contributed by atoms with E-state index >= 15 is 0 Å². The molecule has 2 bridgehead atoms. The van der Waals surface area contributed by atoms with E-state index in [-0.39, 0.29) is 24.0 Å². The van der Waals surface area contributed by atoms with E-state index in [1.807, 2.05) is 31.7 Å². The highest BCUT2D eigenvalue weighted by Gasteiger charge is 2.39. The maximum atomic E-state index is 14.3. The molecule has 0 radical (unpaired) electrons. The maximum absolute atomic E-state index is 14.3. The zero-order valence-corrected chi connectivity index (χ0v) is 15.3. The van der Waals surface area contributed by atoms with E-state index in [1.165, 1.54) is 6.07 Å². The Balaban J connectivity index is 1.90. The van der Waals surface area contributed by atoms with E-state index in [0.29, 0.717) is 17.7 Å². The van der Waals surface area contributed by atoms with Gasteiger partial charge in [-0.05, 0) is 70.2 Å². The molecule has 2 heterocycles. The van der Waals surface area contributed by atoms with Gasteiger partial charge in [0.1, 0.15) is 17.2 Å². The van der Waals surface area contributed by atoms with Crippen LogP contribution in [0, 0.1) is 5.82 Å². The Kier molecular flexibility index (Phi) is 4.76. The van der Waals surface area contributed by atoms with Gasteiger partial charge in [-0.1, -0.05) is 6.08 Å². The molecule has 0 spiro atoms. The fraction of sp³-hybridized carbons (Fsp3) is 0.550. The first-order chi connectivity index (χ1) is 11.8. The summed E-state index contributed by atoms with van der Waals surface area (Å²) in [6, 6.07) is 4.81. The molecule has 5 heteroatoms. The van der Waals surface area contributed by atoms with Crippen LogP contribution in [0.2, 0.25) is 0 Å². The van der Waals surface area contributed by atoms with Crippen LogP contribution in [0.4, 0.5) is 9.18 Å². The SMILES string of the molecule is COc1ccc(F)c(C2=CC3CCCC(C2)N3C(=O)OC(C)(C)C)c1. The van der Waals surface area contributed by atoms with Crippen molar-refractivity contribution in [1.82, 2.24) is 4.90 Å². The normalized spacial score (nSPS) is 23.1. The van der Waals surface area contributed by atoms with Crippen LogP contribution < -0.4 is 4.74 Å². The molecule has 2 aliphatic heterocycles. The average Bonchev–Trinajstić information content (AvgIpc) is 2.52. The highest BCUT2D eigenvalue weighted by molar-refractivity contribution is 5.75. The van der Waals surface area contributed by atoms with Crippen LogP contribution in [0.15, 0.2) is 24.3 Å². The second-order valence-electron chi connectivity index (χ2n) is 7.78. The quantitative estimate of drug-likeness (QED) is 0.773. The molecule has 1 amide bonds. The van der Waals surface area contributed by atoms with Crippen LogP contribution >= 0.6 is 0 Å². The predicted octanol–water partition coefficient (Wildman–Crippen LogP) is 4.78. The summed E-state index contributed by atoms with van der Waals surface area (Å²) < 4.78 is 25.2. The highest BCUT2D eigenvalue weighted by atomic mass is 19.1. The van der Waals surface area contributed by atoms with Crippen molar-refractivity contribution in [2.24, 2.45) is 0 Å². The summed E-state index contributed by atoms with van der Waals surface area (Å²) in [5.74, 6) is 0.382. The second-order valence-corrected chi connectivity index (χ2v) is 7.78. The smallest absolute Gasteiger partial charge is 0.411 e. The van der Waals surface area contributed by atoms with Crippen LogP contribution in [0.1, 0.15) is 52.0 Å². The number of hydrogen-bond donors (Lipinski definition) is 0. The molecule has 1 fully saturated rings. The van der Waals surface area contributed by atoms with Crippen molar-refractivity contribution in [1.29, 1.82) is 0 Å². The van der Waals surface area contributed by atoms with Gasteiger partial charge in [0.15, 0.2) is 0 Å². The third-order valence-electron chi connectivity index (χ3n) is 4.76. The van der Waals surface area contributed by atoms with Crippen molar-refractivity contribution in [2.75, 3.05) is 7.11 Å². The van der Waals surface area contributed by atoms with Crippen molar-refractivity contribution in [3.05, 3.63) is 35.7 Å². The molecule has 0 N–H and O–H groups in total. The first-order valence-electron chi connectivity index (χ1n) is 8.84. The van der Waals surface area contributed by atoms with Gasteiger partial charge in [0.25, 0.3) is 0 Å². The third-order valence-corrected chi connectivity index (χ3v) is 4.76. The fourth-order valence-corrected chi connectivity index (χ4v) is 3.71. The molecule has 3 rings (SSSR count). The Morgan fingerprint density at radius 3 is 2.68 bits per heavy atom. The van der Waals surface area contributed by atoms with Gasteiger partial charge >= 0.3 is 6.09 Å². The van der Waals surface area contributed by atoms with Gasteiger partial charge in [0.2, 0.25) is 0 Å². The summed E-state index contributed by atoms with van der Waals surface area (Å²) in [4.78, 5) is 14.5. The van der Waals surface area contributed by atoms with Crippen LogP contribution in [0.3, 0.4) is 0 Å². The van der Waals surface area contributed by atoms with Gasteiger partial charge in [0.05, 0.1) is 13.2 Å². The molecule has 2 atom stereocenters. The standard InChI is InChI=1S/C20H26FNO3/c1-20(2,3)25-19(23)22-14-6-5-7-15(22)11-13(10-14)17-12-16(24-4)8-9-18(17)21/h8-10,12,14-15H,5-7,11H2,1-4H3. The van der Waals surface area contributed by atoms with E-state index in [9.17, 15) is 9.18 Å². The Hall–Kier alpha value is -2.04. The molecule has 0 aromatic heterocycles. The molecule has 2 aliphatic rings. The zero-order chi connectivity index (χ0) is 18.2. The summed E-state index contributed by atoms with van der Waals surface area (Å²) >= 11 is 0. The molecule has 4 nitrogen and oxygen atoms in total. The highest BCUT2D eigenvalue weighted by Crippen LogP contribution is 2.39. The lowest BCUT2D eigenvalue weighted by Gasteiger charge is -2.45. The molecule has 0 saturated carbocycles. The van der Waals surface area contributed by atoms with Crippen LogP contribution in [-0.2, 0) is 4.74 Å². The van der Waals surface area contributed by atoms with Gasteiger partial charge in [-0.3, -0.25) is 4.90 Å². The van der Waals surface area contributed by atoms with Crippen molar-refractivity contribution in [3.63, 3.8) is 0 Å². The number of carbonyl (C=O) groups is 1. The molecule has 1 saturated heterocycles. The lowest BCUT2D eigenvalue weighted by atomic mass is 9.83. The minimum absolute atomic E-state index is 0.0389. The molecule has 1 aromatic carbocycles. The van der Waals surface area contributed by atoms with Crippen molar-refractivity contribution < 1.29 is 18.7 Å². The average molecular weight is 347 g/mol. The van der Waals surface area contributed by atoms with E-state index in [4.69, 9.17) is 9.47 Å². The Morgan fingerprint density at radius 1 is 1.28 bits per heavy atom. The van der Waals surface area contributed by atoms with E-state index in [2.05, 4.69) is 0 Å². The fourth-order valence-electron chi connectivity index (χ4n) is 3.71. The molecule has 1 aromatic rings. The van der Waals surface area contributed by atoms with E-state index in [1.54, 1.807) is 19.2 Å². The lowest BCUT2D eigenvalue weighted by molar-refractivity contribution is 0.0000759. The Morgan fingerprint density at radius 2 is 2.04 bits per heavy atom. The van der Waals surface area contributed by atoms with Crippen LogP contribution in [0.25, 0.3) is 5.57 Å². The monoisotopic (exact) mass is 347 g/mol. The van der Waals surface area contributed by atoms with Gasteiger partial charge in [-0.2, -0.15) is 0 Å². The van der Waals surface area contributed by atoms with Gasteiger partial charge in [-0.25, -0.2) is 9.18 Å². The van der Waals surface area contributed by atoms with E-state index < -0.39 is 5.60 Å². The number of ether oxygens (including phenoxy) is 2. The number of hydrogen-bond acceptors (Lipinski definition) is 3. The Labute approximate surface area is 148 Å². The molecule has 136 valence electrons. The minimum Gasteiger partial charge on any atom is -0.497 e. The first-order valence-corrected chi connectivity index (χ1v) is 8.84. The topological polar surface area (TPSA) is 38.8 Å². The first kappa shape index (κ1) is 17.8. The molecule has 25 heavy (non-hydrogen) atoms.